The number of aryl methyl sites for hydroxylation is 3. The molecule has 2 rings (SSSR count). The molecule has 0 aliphatic heterocycles. The number of carbonyl (C=O) groups is 2. The van der Waals surface area contributed by atoms with Gasteiger partial charge in [0.25, 0.3) is 5.91 Å². The zero-order valence-corrected chi connectivity index (χ0v) is 15.7. The van der Waals surface area contributed by atoms with Gasteiger partial charge in [0.15, 0.2) is 12.7 Å². The van der Waals surface area contributed by atoms with Gasteiger partial charge in [-0.25, -0.2) is 4.79 Å². The van der Waals surface area contributed by atoms with Crippen molar-refractivity contribution in [3.05, 3.63) is 64.7 Å². The molecule has 1 amide bonds. The minimum atomic E-state index is -0.879. The summed E-state index contributed by atoms with van der Waals surface area (Å²) < 4.78 is 10.6. The number of carbonyl (C=O) groups excluding carboxylic acids is 2. The van der Waals surface area contributed by atoms with Crippen molar-refractivity contribution in [1.29, 1.82) is 0 Å². The van der Waals surface area contributed by atoms with E-state index in [0.717, 1.165) is 22.3 Å². The van der Waals surface area contributed by atoms with Crippen LogP contribution in [0.3, 0.4) is 0 Å². The van der Waals surface area contributed by atoms with Crippen molar-refractivity contribution in [2.45, 2.75) is 40.3 Å². The molecule has 26 heavy (non-hydrogen) atoms. The normalized spacial score (nSPS) is 11.5. The number of benzene rings is 2. The molecule has 0 aliphatic carbocycles. The van der Waals surface area contributed by atoms with Gasteiger partial charge in [0, 0.05) is 6.54 Å². The lowest BCUT2D eigenvalue weighted by molar-refractivity contribution is -0.156. The molecule has 0 bridgehead atoms. The molecule has 5 heteroatoms. The molecule has 0 aliphatic rings. The SMILES string of the molecule is Cc1ccc(CNC(=O)[C@@H](C)OC(=O)COc2ccc(C)cc2C)cc1. The van der Waals surface area contributed by atoms with Crippen LogP contribution in [-0.2, 0) is 20.9 Å². The third-order valence-electron chi connectivity index (χ3n) is 3.94. The quantitative estimate of drug-likeness (QED) is 0.775. The molecule has 0 saturated heterocycles. The maximum Gasteiger partial charge on any atom is 0.344 e. The van der Waals surface area contributed by atoms with Gasteiger partial charge in [0.05, 0.1) is 0 Å². The topological polar surface area (TPSA) is 64.6 Å². The van der Waals surface area contributed by atoms with Gasteiger partial charge < -0.3 is 14.8 Å². The fraction of sp³-hybridized carbons (Fsp3) is 0.333. The minimum absolute atomic E-state index is 0.237. The van der Waals surface area contributed by atoms with Gasteiger partial charge in [0.2, 0.25) is 0 Å². The van der Waals surface area contributed by atoms with E-state index in [1.54, 1.807) is 6.92 Å². The number of amides is 1. The van der Waals surface area contributed by atoms with Crippen LogP contribution in [0.15, 0.2) is 42.5 Å². The van der Waals surface area contributed by atoms with Crippen molar-refractivity contribution in [3.8, 4) is 5.75 Å². The molecule has 1 atom stereocenters. The van der Waals surface area contributed by atoms with Gasteiger partial charge in [-0.3, -0.25) is 4.79 Å². The largest absolute Gasteiger partial charge is 0.482 e. The van der Waals surface area contributed by atoms with E-state index in [4.69, 9.17) is 9.47 Å². The average Bonchev–Trinajstić information content (AvgIpc) is 2.60. The van der Waals surface area contributed by atoms with Crippen LogP contribution in [-0.4, -0.2) is 24.6 Å². The van der Waals surface area contributed by atoms with Crippen molar-refractivity contribution in [1.82, 2.24) is 5.32 Å². The highest BCUT2D eigenvalue weighted by molar-refractivity contribution is 5.83. The molecule has 2 aromatic carbocycles. The molecule has 1 N–H and O–H groups in total. The second-order valence-electron chi connectivity index (χ2n) is 6.39. The summed E-state index contributed by atoms with van der Waals surface area (Å²) in [6.07, 6.45) is -0.879. The first-order valence-electron chi connectivity index (χ1n) is 8.58. The van der Waals surface area contributed by atoms with Crippen molar-refractivity contribution in [2.24, 2.45) is 0 Å². The first-order chi connectivity index (χ1) is 12.3. The zero-order valence-electron chi connectivity index (χ0n) is 15.7. The number of rotatable bonds is 7. The van der Waals surface area contributed by atoms with Crippen molar-refractivity contribution >= 4 is 11.9 Å². The Kier molecular flexibility index (Phi) is 6.78. The van der Waals surface area contributed by atoms with E-state index >= 15 is 0 Å². The fourth-order valence-electron chi connectivity index (χ4n) is 2.42. The summed E-state index contributed by atoms with van der Waals surface area (Å²) in [5.74, 6) is -0.294. The molecule has 0 spiro atoms. The number of hydrogen-bond donors (Lipinski definition) is 1. The van der Waals surface area contributed by atoms with Gasteiger partial charge in [-0.15, -0.1) is 0 Å². The molecule has 138 valence electrons. The third-order valence-corrected chi connectivity index (χ3v) is 3.94. The predicted molar refractivity (Wildman–Crippen MR) is 100.0 cm³/mol. The van der Waals surface area contributed by atoms with Crippen molar-refractivity contribution in [2.75, 3.05) is 6.61 Å². The lowest BCUT2D eigenvalue weighted by Gasteiger charge is -2.14. The molecule has 0 aromatic heterocycles. The summed E-state index contributed by atoms with van der Waals surface area (Å²) in [6, 6.07) is 13.6. The van der Waals surface area contributed by atoms with Crippen LogP contribution in [0.2, 0.25) is 0 Å². The van der Waals surface area contributed by atoms with Crippen LogP contribution < -0.4 is 10.1 Å². The van der Waals surface area contributed by atoms with Gasteiger partial charge in [-0.1, -0.05) is 47.5 Å². The summed E-state index contributed by atoms with van der Waals surface area (Å²) in [5, 5.41) is 2.76. The van der Waals surface area contributed by atoms with E-state index in [0.29, 0.717) is 12.3 Å². The minimum Gasteiger partial charge on any atom is -0.482 e. The molecule has 0 heterocycles. The van der Waals surface area contributed by atoms with E-state index in [1.165, 1.54) is 0 Å². The second-order valence-corrected chi connectivity index (χ2v) is 6.39. The highest BCUT2D eigenvalue weighted by Crippen LogP contribution is 2.18. The van der Waals surface area contributed by atoms with Crippen molar-refractivity contribution in [3.63, 3.8) is 0 Å². The van der Waals surface area contributed by atoms with Crippen LogP contribution in [0, 0.1) is 20.8 Å². The second kappa shape index (κ2) is 9.04. The molecule has 0 radical (unpaired) electrons. The number of nitrogens with one attached hydrogen (secondary N) is 1. The van der Waals surface area contributed by atoms with Crippen LogP contribution in [0.5, 0.6) is 5.75 Å². The molecule has 0 unspecified atom stereocenters. The zero-order chi connectivity index (χ0) is 19.1. The molecule has 5 nitrogen and oxygen atoms in total. The summed E-state index contributed by atoms with van der Waals surface area (Å²) in [5.41, 5.74) is 4.21. The summed E-state index contributed by atoms with van der Waals surface area (Å²) >= 11 is 0. The van der Waals surface area contributed by atoms with E-state index in [1.807, 2.05) is 63.2 Å². The Morgan fingerprint density at radius 2 is 1.65 bits per heavy atom. The Bertz CT molecular complexity index is 768. The van der Waals surface area contributed by atoms with Gasteiger partial charge in [-0.05, 0) is 44.9 Å². The summed E-state index contributed by atoms with van der Waals surface area (Å²) in [7, 11) is 0. The highest BCUT2D eigenvalue weighted by Gasteiger charge is 2.18. The Balaban J connectivity index is 1.76. The van der Waals surface area contributed by atoms with Gasteiger partial charge in [-0.2, -0.15) is 0 Å². The van der Waals surface area contributed by atoms with E-state index in [-0.39, 0.29) is 12.5 Å². The monoisotopic (exact) mass is 355 g/mol. The maximum absolute atomic E-state index is 12.1. The number of hydrogen-bond acceptors (Lipinski definition) is 4. The van der Waals surface area contributed by atoms with Gasteiger partial charge in [0.1, 0.15) is 5.75 Å². The lowest BCUT2D eigenvalue weighted by Crippen LogP contribution is -2.36. The average molecular weight is 355 g/mol. The molecule has 0 saturated carbocycles. The van der Waals surface area contributed by atoms with Crippen LogP contribution >= 0.6 is 0 Å². The highest BCUT2D eigenvalue weighted by atomic mass is 16.6. The van der Waals surface area contributed by atoms with Gasteiger partial charge >= 0.3 is 5.97 Å². The first-order valence-corrected chi connectivity index (χ1v) is 8.58. The Morgan fingerprint density at radius 1 is 1.00 bits per heavy atom. The third kappa shape index (κ3) is 5.92. The lowest BCUT2D eigenvalue weighted by atomic mass is 10.1. The summed E-state index contributed by atoms with van der Waals surface area (Å²) in [4.78, 5) is 23.9. The first kappa shape index (κ1) is 19.5. The summed E-state index contributed by atoms with van der Waals surface area (Å²) in [6.45, 7) is 7.60. The van der Waals surface area contributed by atoms with Crippen LogP contribution in [0.4, 0.5) is 0 Å². The smallest absolute Gasteiger partial charge is 0.344 e. The fourth-order valence-corrected chi connectivity index (χ4v) is 2.42. The van der Waals surface area contributed by atoms with E-state index < -0.39 is 12.1 Å². The van der Waals surface area contributed by atoms with E-state index in [2.05, 4.69) is 5.32 Å². The molecular formula is C21H25NO4. The molecular weight excluding hydrogens is 330 g/mol. The number of esters is 1. The Labute approximate surface area is 154 Å². The molecule has 0 fully saturated rings. The molecule has 2 aromatic rings. The standard InChI is InChI=1S/C21H25NO4/c1-14-5-8-18(9-6-14)12-22-21(24)17(4)26-20(23)13-25-19-10-7-15(2)11-16(19)3/h5-11,17H,12-13H2,1-4H3,(H,22,24)/t17-/m1/s1. The Morgan fingerprint density at radius 3 is 2.31 bits per heavy atom. The maximum atomic E-state index is 12.1. The van der Waals surface area contributed by atoms with E-state index in [9.17, 15) is 9.59 Å². The van der Waals surface area contributed by atoms with Crippen LogP contribution in [0.1, 0.15) is 29.2 Å². The van der Waals surface area contributed by atoms with Crippen LogP contribution in [0.25, 0.3) is 0 Å². The number of ether oxygens (including phenoxy) is 2. The predicted octanol–water partition coefficient (Wildman–Crippen LogP) is 3.24. The Hall–Kier alpha value is -2.82. The van der Waals surface area contributed by atoms with Crippen molar-refractivity contribution < 1.29 is 19.1 Å².